The maximum absolute atomic E-state index is 13.0. The number of amides is 1. The molecule has 0 spiro atoms. The molecule has 1 N–H and O–H groups in total. The second-order valence-electron chi connectivity index (χ2n) is 7.33. The zero-order valence-corrected chi connectivity index (χ0v) is 18.5. The molecule has 3 rings (SSSR count). The summed E-state index contributed by atoms with van der Waals surface area (Å²) >= 11 is 0. The van der Waals surface area contributed by atoms with Crippen LogP contribution in [0.4, 0.5) is 0 Å². The average molecular weight is 440 g/mol. The quantitative estimate of drug-likeness (QED) is 0.262. The monoisotopic (exact) mass is 440 g/mol. The van der Waals surface area contributed by atoms with Crippen LogP contribution in [0.15, 0.2) is 48.3 Å². The first kappa shape index (κ1) is 23.3. The lowest BCUT2D eigenvalue weighted by Gasteiger charge is -2.25. The van der Waals surface area contributed by atoms with Crippen molar-refractivity contribution in [3.8, 4) is 11.5 Å². The minimum absolute atomic E-state index is 0.0130. The Kier molecular flexibility index (Phi) is 7.83. The van der Waals surface area contributed by atoms with E-state index in [0.717, 1.165) is 12.8 Å². The van der Waals surface area contributed by atoms with Gasteiger partial charge in [-0.1, -0.05) is 19.4 Å². The molecule has 8 nitrogen and oxygen atoms in total. The fraction of sp³-hybridized carbons (Fsp3) is 0.375. The van der Waals surface area contributed by atoms with Crippen molar-refractivity contribution in [3.63, 3.8) is 0 Å². The number of carbonyl (C=O) groups excluding carboxylic acids is 2. The third-order valence-corrected chi connectivity index (χ3v) is 5.29. The first-order valence-electron chi connectivity index (χ1n) is 10.5. The third kappa shape index (κ3) is 4.75. The molecule has 1 aromatic carbocycles. The molecule has 32 heavy (non-hydrogen) atoms. The predicted octanol–water partition coefficient (Wildman–Crippen LogP) is 3.34. The number of likely N-dealkylation sites (tertiary alicyclic amines) is 1. The number of aromatic nitrogens is 1. The van der Waals surface area contributed by atoms with Crippen LogP contribution >= 0.6 is 0 Å². The van der Waals surface area contributed by atoms with Crippen LogP contribution in [0.3, 0.4) is 0 Å². The van der Waals surface area contributed by atoms with E-state index in [1.165, 1.54) is 31.5 Å². The van der Waals surface area contributed by atoms with E-state index in [4.69, 9.17) is 14.2 Å². The molecular weight excluding hydrogens is 412 g/mol. The van der Waals surface area contributed by atoms with Gasteiger partial charge in [-0.15, -0.1) is 0 Å². The summed E-state index contributed by atoms with van der Waals surface area (Å²) in [6, 6.07) is 7.64. The highest BCUT2D eigenvalue weighted by Gasteiger charge is 2.46. The number of benzene rings is 1. The molecule has 8 heteroatoms. The summed E-state index contributed by atoms with van der Waals surface area (Å²) < 4.78 is 16.4. The van der Waals surface area contributed by atoms with Crippen LogP contribution in [-0.2, 0) is 14.3 Å². The van der Waals surface area contributed by atoms with E-state index in [1.807, 2.05) is 0 Å². The van der Waals surface area contributed by atoms with E-state index in [-0.39, 0.29) is 24.5 Å². The number of aliphatic hydroxyl groups is 1. The standard InChI is InChI=1S/C24H28N2O6/c1-4-5-13-32-18-7-6-17(15-19(18)31-3)21-20(22(27)16-8-10-25-11-9-16)23(28)24(29)26(21)12-14-30-2/h6-11,15,21,27H,4-5,12-14H2,1-3H3/b22-20+. The number of ether oxygens (including phenoxy) is 3. The summed E-state index contributed by atoms with van der Waals surface area (Å²) in [5.74, 6) is -0.627. The number of Topliss-reactive ketones (excluding diaryl/α,β-unsaturated/α-hetero) is 1. The highest BCUT2D eigenvalue weighted by Crippen LogP contribution is 2.41. The van der Waals surface area contributed by atoms with Gasteiger partial charge in [-0.05, 0) is 36.2 Å². The van der Waals surface area contributed by atoms with Crippen molar-refractivity contribution in [2.75, 3.05) is 34.0 Å². The molecule has 1 aromatic heterocycles. The molecule has 0 bridgehead atoms. The van der Waals surface area contributed by atoms with Gasteiger partial charge in [-0.3, -0.25) is 14.6 Å². The van der Waals surface area contributed by atoms with Gasteiger partial charge in [0.2, 0.25) is 0 Å². The molecule has 1 aliphatic heterocycles. The van der Waals surface area contributed by atoms with Crippen molar-refractivity contribution in [1.82, 2.24) is 9.88 Å². The number of hydrogen-bond donors (Lipinski definition) is 1. The van der Waals surface area contributed by atoms with Crippen LogP contribution in [0, 0.1) is 0 Å². The van der Waals surface area contributed by atoms with Crippen molar-refractivity contribution in [2.45, 2.75) is 25.8 Å². The first-order chi connectivity index (χ1) is 15.5. The Morgan fingerprint density at radius 3 is 2.50 bits per heavy atom. The number of nitrogens with zero attached hydrogens (tertiary/aromatic N) is 2. The normalized spacial score (nSPS) is 17.6. The molecule has 1 fully saturated rings. The summed E-state index contributed by atoms with van der Waals surface area (Å²) in [5.41, 5.74) is 1.04. The van der Waals surface area contributed by atoms with Crippen LogP contribution in [-0.4, -0.2) is 60.7 Å². The Labute approximate surface area is 187 Å². The molecule has 2 heterocycles. The van der Waals surface area contributed by atoms with Gasteiger partial charge >= 0.3 is 0 Å². The molecule has 1 aliphatic rings. The van der Waals surface area contributed by atoms with Crippen LogP contribution in [0.5, 0.6) is 11.5 Å². The van der Waals surface area contributed by atoms with Crippen LogP contribution in [0.1, 0.15) is 36.9 Å². The summed E-state index contributed by atoms with van der Waals surface area (Å²) in [7, 11) is 3.05. The molecule has 0 saturated carbocycles. The number of pyridine rings is 1. The van der Waals surface area contributed by atoms with Crippen molar-refractivity contribution in [1.29, 1.82) is 0 Å². The van der Waals surface area contributed by atoms with Crippen molar-refractivity contribution < 1.29 is 28.9 Å². The van der Waals surface area contributed by atoms with Gasteiger partial charge in [0.1, 0.15) is 5.76 Å². The van der Waals surface area contributed by atoms with Gasteiger partial charge < -0.3 is 24.2 Å². The molecule has 1 unspecified atom stereocenters. The average Bonchev–Trinajstić information content (AvgIpc) is 3.07. The molecule has 170 valence electrons. The van der Waals surface area contributed by atoms with Crippen LogP contribution < -0.4 is 9.47 Å². The third-order valence-electron chi connectivity index (χ3n) is 5.29. The van der Waals surface area contributed by atoms with Gasteiger partial charge in [0.25, 0.3) is 11.7 Å². The SMILES string of the molecule is CCCCOc1ccc(C2/C(=C(\O)c3ccncc3)C(=O)C(=O)N2CCOC)cc1OC. The fourth-order valence-corrected chi connectivity index (χ4v) is 3.61. The summed E-state index contributed by atoms with van der Waals surface area (Å²) in [5, 5.41) is 11.0. The summed E-state index contributed by atoms with van der Waals surface area (Å²) in [6.45, 7) is 3.07. The second-order valence-corrected chi connectivity index (χ2v) is 7.33. The van der Waals surface area contributed by atoms with E-state index in [2.05, 4.69) is 11.9 Å². The lowest BCUT2D eigenvalue weighted by atomic mass is 9.95. The molecule has 0 radical (unpaired) electrons. The summed E-state index contributed by atoms with van der Waals surface area (Å²) in [4.78, 5) is 31.1. The Hall–Kier alpha value is -3.39. The zero-order chi connectivity index (χ0) is 23.1. The number of carbonyl (C=O) groups is 2. The Balaban J connectivity index is 2.09. The van der Waals surface area contributed by atoms with Gasteiger partial charge in [-0.25, -0.2) is 0 Å². The molecule has 1 amide bonds. The Morgan fingerprint density at radius 1 is 1.09 bits per heavy atom. The number of methoxy groups -OCH3 is 2. The number of hydrogen-bond acceptors (Lipinski definition) is 7. The molecule has 1 atom stereocenters. The second kappa shape index (κ2) is 10.8. The van der Waals surface area contributed by atoms with Gasteiger partial charge in [0.05, 0.1) is 31.9 Å². The molecule has 1 saturated heterocycles. The fourth-order valence-electron chi connectivity index (χ4n) is 3.61. The van der Waals surface area contributed by atoms with Crippen molar-refractivity contribution >= 4 is 17.4 Å². The highest BCUT2D eigenvalue weighted by atomic mass is 16.5. The topological polar surface area (TPSA) is 98.2 Å². The highest BCUT2D eigenvalue weighted by molar-refractivity contribution is 6.46. The number of unbranched alkanes of at least 4 members (excludes halogenated alkanes) is 1. The number of aliphatic hydroxyl groups excluding tert-OH is 1. The van der Waals surface area contributed by atoms with Gasteiger partial charge in [-0.2, -0.15) is 0 Å². The number of rotatable bonds is 10. The lowest BCUT2D eigenvalue weighted by molar-refractivity contribution is -0.140. The van der Waals surface area contributed by atoms with E-state index < -0.39 is 17.7 Å². The molecular formula is C24H28N2O6. The Morgan fingerprint density at radius 2 is 1.84 bits per heavy atom. The van der Waals surface area contributed by atoms with E-state index >= 15 is 0 Å². The molecule has 2 aromatic rings. The maximum atomic E-state index is 13.0. The zero-order valence-electron chi connectivity index (χ0n) is 18.5. The molecule has 0 aliphatic carbocycles. The smallest absolute Gasteiger partial charge is 0.295 e. The minimum Gasteiger partial charge on any atom is -0.507 e. The Bertz CT molecular complexity index is 989. The maximum Gasteiger partial charge on any atom is 0.295 e. The van der Waals surface area contributed by atoms with Crippen molar-refractivity contribution in [2.24, 2.45) is 0 Å². The largest absolute Gasteiger partial charge is 0.507 e. The number of ketones is 1. The van der Waals surface area contributed by atoms with Gasteiger partial charge in [0.15, 0.2) is 11.5 Å². The predicted molar refractivity (Wildman–Crippen MR) is 119 cm³/mol. The van der Waals surface area contributed by atoms with Gasteiger partial charge in [0, 0.05) is 31.6 Å². The van der Waals surface area contributed by atoms with E-state index in [1.54, 1.807) is 30.3 Å². The van der Waals surface area contributed by atoms with Crippen LogP contribution in [0.2, 0.25) is 0 Å². The lowest BCUT2D eigenvalue weighted by Crippen LogP contribution is -2.32. The van der Waals surface area contributed by atoms with Crippen molar-refractivity contribution in [3.05, 3.63) is 59.4 Å². The van der Waals surface area contributed by atoms with Crippen LogP contribution in [0.25, 0.3) is 5.76 Å². The summed E-state index contributed by atoms with van der Waals surface area (Å²) in [6.07, 6.45) is 4.94. The van der Waals surface area contributed by atoms with E-state index in [0.29, 0.717) is 29.2 Å². The first-order valence-corrected chi connectivity index (χ1v) is 10.5. The van der Waals surface area contributed by atoms with E-state index in [9.17, 15) is 14.7 Å². The minimum atomic E-state index is -0.795.